The molecule has 1 heterocycles. The van der Waals surface area contributed by atoms with Crippen molar-refractivity contribution < 1.29 is 9.53 Å². The van der Waals surface area contributed by atoms with Crippen LogP contribution in [0.15, 0.2) is 12.2 Å². The monoisotopic (exact) mass is 218 g/mol. The van der Waals surface area contributed by atoms with Crippen molar-refractivity contribution in [3.63, 3.8) is 0 Å². The van der Waals surface area contributed by atoms with E-state index in [4.69, 9.17) is 4.74 Å². The molecule has 6 atom stereocenters. The van der Waals surface area contributed by atoms with Crippen LogP contribution in [0.2, 0.25) is 0 Å². The molecule has 1 saturated heterocycles. The van der Waals surface area contributed by atoms with Crippen molar-refractivity contribution in [2.75, 3.05) is 0 Å². The maximum absolute atomic E-state index is 11.5. The third-order valence-corrected chi connectivity index (χ3v) is 5.89. The van der Waals surface area contributed by atoms with Gasteiger partial charge in [0.25, 0.3) is 0 Å². The molecule has 1 aliphatic heterocycles. The number of ether oxygens (including phenoxy) is 1. The highest BCUT2D eigenvalue weighted by molar-refractivity contribution is 5.90. The van der Waals surface area contributed by atoms with E-state index in [1.54, 1.807) is 0 Å². The van der Waals surface area contributed by atoms with E-state index < -0.39 is 0 Å². The van der Waals surface area contributed by atoms with Crippen molar-refractivity contribution >= 4 is 5.97 Å². The topological polar surface area (TPSA) is 26.3 Å². The van der Waals surface area contributed by atoms with E-state index in [1.807, 2.05) is 0 Å². The first kappa shape index (κ1) is 9.26. The second kappa shape index (κ2) is 2.55. The Morgan fingerprint density at radius 1 is 1.38 bits per heavy atom. The molecular formula is C14H18O2. The summed E-state index contributed by atoms with van der Waals surface area (Å²) in [5.41, 5.74) is 1.21. The summed E-state index contributed by atoms with van der Waals surface area (Å²) in [7, 11) is 0. The van der Waals surface area contributed by atoms with E-state index in [2.05, 4.69) is 13.5 Å². The zero-order chi connectivity index (χ0) is 11.1. The van der Waals surface area contributed by atoms with Crippen LogP contribution < -0.4 is 0 Å². The van der Waals surface area contributed by atoms with E-state index in [-0.39, 0.29) is 12.1 Å². The van der Waals surface area contributed by atoms with Crippen LogP contribution in [0.25, 0.3) is 0 Å². The molecule has 0 aromatic carbocycles. The zero-order valence-corrected chi connectivity index (χ0v) is 9.74. The highest BCUT2D eigenvalue weighted by atomic mass is 16.6. The van der Waals surface area contributed by atoms with Crippen molar-refractivity contribution in [2.24, 2.45) is 29.1 Å². The Kier molecular flexibility index (Phi) is 1.47. The summed E-state index contributed by atoms with van der Waals surface area (Å²) >= 11 is 0. The van der Waals surface area contributed by atoms with Gasteiger partial charge in [0.1, 0.15) is 6.10 Å². The number of carbonyl (C=O) groups is 1. The van der Waals surface area contributed by atoms with Crippen LogP contribution in [0.1, 0.15) is 32.6 Å². The van der Waals surface area contributed by atoms with Crippen molar-refractivity contribution in [3.8, 4) is 0 Å². The van der Waals surface area contributed by atoms with Gasteiger partial charge in [-0.25, -0.2) is 4.79 Å². The average molecular weight is 218 g/mol. The minimum atomic E-state index is -0.133. The van der Waals surface area contributed by atoms with Gasteiger partial charge in [0.05, 0.1) is 0 Å². The summed E-state index contributed by atoms with van der Waals surface area (Å²) in [5.74, 6) is 2.96. The normalized spacial score (nSPS) is 57.7. The largest absolute Gasteiger partial charge is 0.458 e. The predicted molar refractivity (Wildman–Crippen MR) is 59.6 cm³/mol. The summed E-state index contributed by atoms with van der Waals surface area (Å²) in [6.45, 7) is 6.34. The summed E-state index contributed by atoms with van der Waals surface area (Å²) in [5, 5.41) is 0. The van der Waals surface area contributed by atoms with Crippen LogP contribution in [0.5, 0.6) is 0 Å². The minimum Gasteiger partial charge on any atom is -0.458 e. The lowest BCUT2D eigenvalue weighted by Gasteiger charge is -2.43. The van der Waals surface area contributed by atoms with Gasteiger partial charge in [-0.15, -0.1) is 0 Å². The van der Waals surface area contributed by atoms with Gasteiger partial charge in [0.2, 0.25) is 0 Å². The molecule has 4 aliphatic rings. The molecule has 2 heteroatoms. The molecule has 4 fully saturated rings. The first-order valence-corrected chi connectivity index (χ1v) is 6.49. The molecule has 0 bridgehead atoms. The molecule has 0 unspecified atom stereocenters. The van der Waals surface area contributed by atoms with E-state index >= 15 is 0 Å². The first-order valence-electron chi connectivity index (χ1n) is 6.49. The van der Waals surface area contributed by atoms with E-state index in [0.717, 1.165) is 36.2 Å². The van der Waals surface area contributed by atoms with E-state index in [9.17, 15) is 4.79 Å². The highest BCUT2D eigenvalue weighted by Crippen LogP contribution is 2.70. The van der Waals surface area contributed by atoms with Crippen molar-refractivity contribution in [2.45, 2.75) is 38.7 Å². The molecule has 2 nitrogen and oxygen atoms in total. The number of hydrogen-bond acceptors (Lipinski definition) is 2. The first-order chi connectivity index (χ1) is 7.59. The fourth-order valence-electron chi connectivity index (χ4n) is 4.83. The van der Waals surface area contributed by atoms with Crippen LogP contribution in [-0.4, -0.2) is 12.1 Å². The Hall–Kier alpha value is -0.790. The van der Waals surface area contributed by atoms with E-state index in [0.29, 0.717) is 11.3 Å². The molecule has 0 amide bonds. The maximum Gasteiger partial charge on any atom is 0.334 e. The Labute approximate surface area is 96.0 Å². The third kappa shape index (κ3) is 0.922. The lowest BCUT2D eigenvalue weighted by Crippen LogP contribution is -2.40. The second-order valence-electron chi connectivity index (χ2n) is 6.56. The lowest BCUT2D eigenvalue weighted by atomic mass is 9.62. The van der Waals surface area contributed by atoms with Gasteiger partial charge in [-0.2, -0.15) is 0 Å². The number of carbonyl (C=O) groups excluding carboxylic acids is 1. The molecule has 86 valence electrons. The molecule has 0 N–H and O–H groups in total. The third-order valence-electron chi connectivity index (χ3n) is 5.89. The Morgan fingerprint density at radius 2 is 2.19 bits per heavy atom. The molecule has 3 saturated carbocycles. The lowest BCUT2D eigenvalue weighted by molar-refractivity contribution is -0.142. The second-order valence-corrected chi connectivity index (χ2v) is 6.56. The number of hydrogen-bond donors (Lipinski definition) is 0. The molecule has 4 rings (SSSR count). The standard InChI is InChI=1S/C14H18O2/c1-7-10-5-9-3-8-4-11(8)14(9,2)6-12(10)16-13(7)15/h8-12H,1,3-6H2,2H3/t8-,9+,10+,11+,12-,14+/m0/s1. The molecule has 0 radical (unpaired) electrons. The molecular weight excluding hydrogens is 200 g/mol. The van der Waals surface area contributed by atoms with Crippen LogP contribution >= 0.6 is 0 Å². The SMILES string of the molecule is C=C1C(=O)O[C@H]2C[C@]3(C)[C@H](C[C@H]4C[C@H]43)C[C@H]12. The number of rotatable bonds is 0. The minimum absolute atomic E-state index is 0.133. The fourth-order valence-corrected chi connectivity index (χ4v) is 4.83. The Morgan fingerprint density at radius 3 is 3.00 bits per heavy atom. The van der Waals surface area contributed by atoms with Crippen molar-refractivity contribution in [3.05, 3.63) is 12.2 Å². The Balaban J connectivity index is 1.67. The quantitative estimate of drug-likeness (QED) is 0.461. The average Bonchev–Trinajstić information content (AvgIpc) is 2.89. The molecule has 3 aliphatic carbocycles. The fraction of sp³-hybridized carbons (Fsp3) is 0.786. The van der Waals surface area contributed by atoms with Crippen LogP contribution in [0.4, 0.5) is 0 Å². The van der Waals surface area contributed by atoms with Crippen molar-refractivity contribution in [1.29, 1.82) is 0 Å². The van der Waals surface area contributed by atoms with E-state index in [1.165, 1.54) is 12.8 Å². The van der Waals surface area contributed by atoms with Gasteiger partial charge in [0, 0.05) is 11.5 Å². The van der Waals surface area contributed by atoms with Crippen LogP contribution in [0.3, 0.4) is 0 Å². The van der Waals surface area contributed by atoms with Crippen molar-refractivity contribution in [1.82, 2.24) is 0 Å². The smallest absolute Gasteiger partial charge is 0.334 e. The van der Waals surface area contributed by atoms with Gasteiger partial charge in [0.15, 0.2) is 0 Å². The molecule has 0 aromatic heterocycles. The summed E-state index contributed by atoms with van der Waals surface area (Å²) in [4.78, 5) is 11.5. The molecule has 0 aromatic rings. The molecule has 0 spiro atoms. The zero-order valence-electron chi connectivity index (χ0n) is 9.74. The maximum atomic E-state index is 11.5. The predicted octanol–water partition coefficient (Wildman–Crippen LogP) is 2.54. The van der Waals surface area contributed by atoms with Gasteiger partial charge >= 0.3 is 5.97 Å². The summed E-state index contributed by atoms with van der Waals surface area (Å²) in [6.07, 6.45) is 5.22. The van der Waals surface area contributed by atoms with Gasteiger partial charge in [-0.1, -0.05) is 13.5 Å². The van der Waals surface area contributed by atoms with Gasteiger partial charge in [-0.3, -0.25) is 0 Å². The van der Waals surface area contributed by atoms with Gasteiger partial charge in [-0.05, 0) is 48.9 Å². The summed E-state index contributed by atoms with van der Waals surface area (Å²) in [6, 6.07) is 0. The Bertz CT molecular complexity index is 400. The highest BCUT2D eigenvalue weighted by Gasteiger charge is 2.64. The van der Waals surface area contributed by atoms with Gasteiger partial charge < -0.3 is 4.74 Å². The summed E-state index contributed by atoms with van der Waals surface area (Å²) < 4.78 is 5.48. The number of fused-ring (bicyclic) bond motifs is 4. The number of esters is 1. The molecule has 16 heavy (non-hydrogen) atoms. The van der Waals surface area contributed by atoms with Crippen LogP contribution in [0, 0.1) is 29.1 Å². The van der Waals surface area contributed by atoms with Crippen LogP contribution in [-0.2, 0) is 9.53 Å².